The molecule has 0 saturated heterocycles. The number of aryl methyl sites for hydroxylation is 1. The van der Waals surface area contributed by atoms with Crippen LogP contribution in [0.5, 0.6) is 5.75 Å². The third-order valence-corrected chi connectivity index (χ3v) is 11.7. The molecule has 4 rings (SSSR count). The molecule has 0 amide bonds. The molecule has 0 spiro atoms. The van der Waals surface area contributed by atoms with Crippen molar-refractivity contribution in [3.63, 3.8) is 0 Å². The number of carbonyl (C=O) groups is 6. The first-order chi connectivity index (χ1) is 25.5. The SMILES string of the molecule is [C-]#[N+]/C(C(=O)OCCOC(=O)C=C)=C1\Sc2c(C)ccc(OC(=O)C3CCC(OC(=O)C4CCC(C(=O)OCCCCOC(=O)C=C)CC4)CC3)c2S1. The molecule has 0 N–H and O–H groups in total. The second kappa shape index (κ2) is 20.6. The molecule has 15 heteroatoms. The Kier molecular flexibility index (Phi) is 16.0. The van der Waals surface area contributed by atoms with Gasteiger partial charge in [-0.15, -0.1) is 0 Å². The van der Waals surface area contributed by atoms with Crippen LogP contribution in [0.25, 0.3) is 4.85 Å². The van der Waals surface area contributed by atoms with Crippen LogP contribution in [0, 0.1) is 31.2 Å². The molecule has 0 radical (unpaired) electrons. The van der Waals surface area contributed by atoms with Crippen LogP contribution in [0.3, 0.4) is 0 Å². The Morgan fingerprint density at radius 3 is 1.87 bits per heavy atom. The number of nitrogens with zero attached hydrogens (tertiary/aromatic N) is 1. The molecule has 2 aliphatic carbocycles. The van der Waals surface area contributed by atoms with Crippen molar-refractivity contribution in [2.75, 3.05) is 26.4 Å². The van der Waals surface area contributed by atoms with Crippen LogP contribution in [0.2, 0.25) is 0 Å². The number of carbonyl (C=O) groups excluding carboxylic acids is 6. The van der Waals surface area contributed by atoms with E-state index in [1.54, 1.807) is 6.07 Å². The van der Waals surface area contributed by atoms with E-state index in [0.717, 1.165) is 34.4 Å². The second-order valence-electron chi connectivity index (χ2n) is 12.6. The van der Waals surface area contributed by atoms with Gasteiger partial charge in [0.25, 0.3) is 5.70 Å². The molecule has 1 aliphatic heterocycles. The highest BCUT2D eigenvalue weighted by molar-refractivity contribution is 8.24. The number of hydrogen-bond donors (Lipinski definition) is 0. The summed E-state index contributed by atoms with van der Waals surface area (Å²) in [7, 11) is 0. The number of hydrogen-bond acceptors (Lipinski definition) is 14. The van der Waals surface area contributed by atoms with E-state index in [1.165, 1.54) is 11.8 Å². The van der Waals surface area contributed by atoms with Crippen molar-refractivity contribution >= 4 is 59.3 Å². The normalized spacial score (nSPS) is 21.4. The zero-order valence-electron chi connectivity index (χ0n) is 29.6. The first kappa shape index (κ1) is 41.2. The Balaban J connectivity index is 1.19. The van der Waals surface area contributed by atoms with Gasteiger partial charge in [0, 0.05) is 17.0 Å². The summed E-state index contributed by atoms with van der Waals surface area (Å²) in [5.41, 5.74) is 0.662. The smallest absolute Gasteiger partial charge is 0.338 e. The number of ether oxygens (including phenoxy) is 6. The number of fused-ring (bicyclic) bond motifs is 1. The fourth-order valence-electron chi connectivity index (χ4n) is 5.99. The van der Waals surface area contributed by atoms with Crippen molar-refractivity contribution in [3.8, 4) is 5.75 Å². The highest BCUT2D eigenvalue weighted by atomic mass is 32.2. The number of rotatable bonds is 16. The maximum Gasteiger partial charge on any atom is 0.338 e. The van der Waals surface area contributed by atoms with Crippen molar-refractivity contribution in [1.82, 2.24) is 0 Å². The number of thioether (sulfide) groups is 2. The maximum absolute atomic E-state index is 13.3. The van der Waals surface area contributed by atoms with Crippen LogP contribution >= 0.6 is 23.5 Å². The summed E-state index contributed by atoms with van der Waals surface area (Å²) in [5, 5.41) is 0. The number of benzene rings is 1. The third kappa shape index (κ3) is 12.0. The Labute approximate surface area is 317 Å². The lowest BCUT2D eigenvalue weighted by molar-refractivity contribution is -0.160. The molecule has 1 heterocycles. The molecule has 0 bridgehead atoms. The average molecular weight is 770 g/mol. The van der Waals surface area contributed by atoms with E-state index in [9.17, 15) is 28.8 Å². The molecule has 2 saturated carbocycles. The molecular weight excluding hydrogens is 727 g/mol. The third-order valence-electron chi connectivity index (χ3n) is 8.98. The zero-order valence-corrected chi connectivity index (χ0v) is 31.2. The lowest BCUT2D eigenvalue weighted by Crippen LogP contribution is -2.33. The molecular formula is C38H43NO12S2. The Morgan fingerprint density at radius 2 is 1.25 bits per heavy atom. The molecule has 1 aromatic carbocycles. The minimum absolute atomic E-state index is 0.176. The molecule has 1 aromatic rings. The van der Waals surface area contributed by atoms with Crippen LogP contribution in [-0.4, -0.2) is 68.3 Å². The van der Waals surface area contributed by atoms with Crippen LogP contribution in [0.15, 0.2) is 57.2 Å². The van der Waals surface area contributed by atoms with Gasteiger partial charge in [0.1, 0.15) is 25.1 Å². The van der Waals surface area contributed by atoms with E-state index in [4.69, 9.17) is 35.0 Å². The van der Waals surface area contributed by atoms with Crippen LogP contribution in [0.1, 0.15) is 69.8 Å². The number of unbranched alkanes of at least 4 members (excludes halogenated alkanes) is 1. The van der Waals surface area contributed by atoms with Gasteiger partial charge in [0.2, 0.25) is 0 Å². The monoisotopic (exact) mass is 769 g/mol. The molecule has 0 atom stereocenters. The Bertz CT molecular complexity index is 1650. The molecule has 2 fully saturated rings. The van der Waals surface area contributed by atoms with Gasteiger partial charge in [-0.2, -0.15) is 0 Å². The zero-order chi connectivity index (χ0) is 38.3. The topological polar surface area (TPSA) is 162 Å². The van der Waals surface area contributed by atoms with Crippen molar-refractivity contribution in [2.24, 2.45) is 17.8 Å². The molecule has 53 heavy (non-hydrogen) atoms. The van der Waals surface area contributed by atoms with Crippen molar-refractivity contribution in [1.29, 1.82) is 0 Å². The molecule has 284 valence electrons. The summed E-state index contributed by atoms with van der Waals surface area (Å²) < 4.78 is 32.3. The fraction of sp³-hybridized carbons (Fsp3) is 0.500. The van der Waals surface area contributed by atoms with E-state index < -0.39 is 23.9 Å². The van der Waals surface area contributed by atoms with Gasteiger partial charge in [-0.05, 0) is 82.8 Å². The van der Waals surface area contributed by atoms with Gasteiger partial charge in [0.15, 0.2) is 0 Å². The quantitative estimate of drug-likeness (QED) is 0.0452. The van der Waals surface area contributed by atoms with E-state index >= 15 is 0 Å². The highest BCUT2D eigenvalue weighted by Gasteiger charge is 2.36. The largest absolute Gasteiger partial charge is 0.467 e. The van der Waals surface area contributed by atoms with Gasteiger partial charge in [-0.1, -0.05) is 42.7 Å². The predicted molar refractivity (Wildman–Crippen MR) is 193 cm³/mol. The predicted octanol–water partition coefficient (Wildman–Crippen LogP) is 6.42. The maximum atomic E-state index is 13.3. The summed E-state index contributed by atoms with van der Waals surface area (Å²) in [6.07, 6.45) is 7.13. The molecule has 0 aromatic heterocycles. The lowest BCUT2D eigenvalue weighted by atomic mass is 9.82. The van der Waals surface area contributed by atoms with E-state index in [-0.39, 0.29) is 67.9 Å². The fourth-order valence-corrected chi connectivity index (χ4v) is 8.61. The first-order valence-corrected chi connectivity index (χ1v) is 19.1. The summed E-state index contributed by atoms with van der Waals surface area (Å²) in [4.78, 5) is 78.4. The van der Waals surface area contributed by atoms with E-state index in [2.05, 4.69) is 18.0 Å². The van der Waals surface area contributed by atoms with Crippen LogP contribution < -0.4 is 4.74 Å². The summed E-state index contributed by atoms with van der Waals surface area (Å²) in [6, 6.07) is 3.50. The van der Waals surface area contributed by atoms with Gasteiger partial charge < -0.3 is 28.4 Å². The van der Waals surface area contributed by atoms with E-state index in [0.29, 0.717) is 79.1 Å². The Hall–Kier alpha value is -4.55. The minimum Gasteiger partial charge on any atom is -0.467 e. The summed E-state index contributed by atoms with van der Waals surface area (Å²) in [6.45, 7) is 16.2. The Morgan fingerprint density at radius 1 is 0.717 bits per heavy atom. The molecule has 3 aliphatic rings. The van der Waals surface area contributed by atoms with Crippen molar-refractivity contribution in [2.45, 2.75) is 87.0 Å². The summed E-state index contributed by atoms with van der Waals surface area (Å²) >= 11 is 2.38. The van der Waals surface area contributed by atoms with Gasteiger partial charge >= 0.3 is 35.8 Å². The average Bonchev–Trinajstić information content (AvgIpc) is 3.62. The summed E-state index contributed by atoms with van der Waals surface area (Å²) in [5.74, 6) is -3.53. The van der Waals surface area contributed by atoms with Crippen molar-refractivity contribution in [3.05, 3.63) is 64.4 Å². The van der Waals surface area contributed by atoms with Gasteiger partial charge in [0.05, 0.1) is 46.7 Å². The standard InChI is InChI=1S/C38H43NO12S2/c1-5-29(40)46-19-7-8-20-48-34(42)24-10-12-25(13-11-24)35(43)50-27-16-14-26(15-17-27)36(44)51-28-18-9-23(3)32-33(28)53-38(52-32)31(39-4)37(45)49-22-21-47-30(41)6-2/h5-6,9,18,24-27H,1-2,7-8,10-17,19-22H2,3H3/b38-31+. The van der Waals surface area contributed by atoms with Crippen LogP contribution in [-0.2, 0) is 52.5 Å². The molecule has 13 nitrogen and oxygen atoms in total. The highest BCUT2D eigenvalue weighted by Crippen LogP contribution is 2.57. The van der Waals surface area contributed by atoms with Crippen LogP contribution in [0.4, 0.5) is 0 Å². The van der Waals surface area contributed by atoms with Gasteiger partial charge in [-0.25, -0.2) is 14.4 Å². The lowest BCUT2D eigenvalue weighted by Gasteiger charge is -2.30. The van der Waals surface area contributed by atoms with Crippen molar-refractivity contribution < 1.29 is 57.2 Å². The minimum atomic E-state index is -0.853. The van der Waals surface area contributed by atoms with Gasteiger partial charge in [-0.3, -0.25) is 19.2 Å². The first-order valence-electron chi connectivity index (χ1n) is 17.5. The van der Waals surface area contributed by atoms with E-state index in [1.807, 2.05) is 13.0 Å². The number of esters is 6. The second-order valence-corrected chi connectivity index (χ2v) is 14.9. The molecule has 0 unspecified atom stereocenters.